The van der Waals surface area contributed by atoms with E-state index in [0.29, 0.717) is 17.7 Å². The van der Waals surface area contributed by atoms with E-state index in [1.165, 1.54) is 30.6 Å². The number of Topliss-reactive ketones (excluding diaryl/α,β-unsaturated/α-hetero) is 1. The van der Waals surface area contributed by atoms with Crippen LogP contribution in [0.25, 0.3) is 0 Å². The minimum absolute atomic E-state index is 0. The summed E-state index contributed by atoms with van der Waals surface area (Å²) in [7, 11) is 0. The molecule has 1 N–H and O–H groups in total. The van der Waals surface area contributed by atoms with E-state index in [4.69, 9.17) is 4.74 Å². The van der Waals surface area contributed by atoms with Gasteiger partial charge in [-0.05, 0) is 25.8 Å². The van der Waals surface area contributed by atoms with Crippen molar-refractivity contribution in [1.82, 2.24) is 10.3 Å². The molecule has 1 aliphatic rings. The second-order valence-corrected chi connectivity index (χ2v) is 5.14. The minimum Gasteiger partial charge on any atom is -0.373 e. The summed E-state index contributed by atoms with van der Waals surface area (Å²) < 4.78 is 5.40. The first-order valence-corrected chi connectivity index (χ1v) is 6.98. The Morgan fingerprint density at radius 1 is 1.56 bits per heavy atom. The average molecular weight is 291 g/mol. The van der Waals surface area contributed by atoms with Gasteiger partial charge in [0, 0.05) is 24.2 Å². The van der Waals surface area contributed by atoms with Crippen LogP contribution in [0.2, 0.25) is 0 Å². The molecule has 0 aliphatic carbocycles. The molecule has 1 unspecified atom stereocenters. The maximum atomic E-state index is 11.6. The van der Waals surface area contributed by atoms with Gasteiger partial charge >= 0.3 is 0 Å². The van der Waals surface area contributed by atoms with E-state index in [9.17, 15) is 4.79 Å². The summed E-state index contributed by atoms with van der Waals surface area (Å²) in [5, 5.41) is 5.81. The molecule has 1 aliphatic heterocycles. The topological polar surface area (TPSA) is 51.2 Å². The molecule has 4 nitrogen and oxygen atoms in total. The molecule has 0 radical (unpaired) electrons. The normalized spacial score (nSPS) is 19.2. The highest BCUT2D eigenvalue weighted by atomic mass is 35.5. The molecule has 18 heavy (non-hydrogen) atoms. The number of thiazole rings is 1. The van der Waals surface area contributed by atoms with Gasteiger partial charge in [-0.2, -0.15) is 0 Å². The Kier molecular flexibility index (Phi) is 7.42. The van der Waals surface area contributed by atoms with Crippen molar-refractivity contribution in [2.75, 3.05) is 19.8 Å². The summed E-state index contributed by atoms with van der Waals surface area (Å²) in [6.45, 7) is 1.91. The number of nitrogens with one attached hydrogen (secondary N) is 1. The largest absolute Gasteiger partial charge is 0.373 e. The molecule has 6 heteroatoms. The number of hydrogen-bond acceptors (Lipinski definition) is 5. The smallest absolute Gasteiger partial charge is 0.216 e. The second kappa shape index (κ2) is 8.58. The molecule has 1 saturated heterocycles. The number of nitrogens with zero attached hydrogens (tertiary/aromatic N) is 1. The summed E-state index contributed by atoms with van der Waals surface area (Å²) in [5.41, 5.74) is 0. The van der Waals surface area contributed by atoms with E-state index < -0.39 is 0 Å². The highest BCUT2D eigenvalue weighted by molar-refractivity contribution is 7.11. The lowest BCUT2D eigenvalue weighted by Gasteiger charge is -2.23. The second-order valence-electron chi connectivity index (χ2n) is 4.25. The molecule has 0 aromatic carbocycles. The van der Waals surface area contributed by atoms with Gasteiger partial charge in [0.25, 0.3) is 0 Å². The summed E-state index contributed by atoms with van der Waals surface area (Å²) in [6.07, 6.45) is 6.44. The van der Waals surface area contributed by atoms with Crippen LogP contribution in [0, 0.1) is 0 Å². The van der Waals surface area contributed by atoms with Crippen LogP contribution in [0.4, 0.5) is 0 Å². The number of carbonyl (C=O) groups excluding carboxylic acids is 1. The number of carbonyl (C=O) groups is 1. The Bertz CT molecular complexity index is 340. The molecule has 0 bridgehead atoms. The van der Waals surface area contributed by atoms with Gasteiger partial charge in [-0.1, -0.05) is 6.42 Å². The standard InChI is InChI=1S/C12H18N2O2S.ClH/c15-11(12-14-6-8-17-12)9-16-7-4-10-3-1-2-5-13-10;/h6,8,10,13H,1-5,7,9H2;1H. The molecule has 0 saturated carbocycles. The van der Waals surface area contributed by atoms with Gasteiger partial charge in [0.2, 0.25) is 5.78 Å². The Hall–Kier alpha value is -0.490. The third kappa shape index (κ3) is 5.02. The number of piperidine rings is 1. The molecular weight excluding hydrogens is 272 g/mol. The van der Waals surface area contributed by atoms with Crippen LogP contribution in [0.1, 0.15) is 35.5 Å². The number of ether oxygens (including phenoxy) is 1. The number of ketones is 1. The summed E-state index contributed by atoms with van der Waals surface area (Å²) in [5.74, 6) is -0.0170. The van der Waals surface area contributed by atoms with Crippen molar-refractivity contribution in [3.63, 3.8) is 0 Å². The Labute approximate surface area is 118 Å². The van der Waals surface area contributed by atoms with Crippen LogP contribution in [0.5, 0.6) is 0 Å². The van der Waals surface area contributed by atoms with Crippen LogP contribution in [0.3, 0.4) is 0 Å². The zero-order valence-corrected chi connectivity index (χ0v) is 11.9. The fourth-order valence-electron chi connectivity index (χ4n) is 1.98. The molecule has 2 rings (SSSR count). The number of rotatable bonds is 6. The molecule has 1 aromatic heterocycles. The third-order valence-electron chi connectivity index (χ3n) is 2.93. The predicted octanol–water partition coefficient (Wildman–Crippen LogP) is 2.30. The fraction of sp³-hybridized carbons (Fsp3) is 0.667. The van der Waals surface area contributed by atoms with E-state index in [1.54, 1.807) is 11.6 Å². The van der Waals surface area contributed by atoms with Gasteiger partial charge in [0.1, 0.15) is 6.61 Å². The lowest BCUT2D eigenvalue weighted by Crippen LogP contribution is -2.34. The van der Waals surface area contributed by atoms with Gasteiger partial charge < -0.3 is 10.1 Å². The quantitative estimate of drug-likeness (QED) is 0.645. The third-order valence-corrected chi connectivity index (χ3v) is 3.74. The molecule has 0 amide bonds. The maximum Gasteiger partial charge on any atom is 0.216 e. The monoisotopic (exact) mass is 290 g/mol. The van der Waals surface area contributed by atoms with Crippen molar-refractivity contribution in [1.29, 1.82) is 0 Å². The zero-order valence-electron chi connectivity index (χ0n) is 10.3. The van der Waals surface area contributed by atoms with Gasteiger partial charge in [0.15, 0.2) is 5.01 Å². The lowest BCUT2D eigenvalue weighted by molar-refractivity contribution is 0.0735. The van der Waals surface area contributed by atoms with Gasteiger partial charge in [0.05, 0.1) is 0 Å². The maximum absolute atomic E-state index is 11.6. The Morgan fingerprint density at radius 2 is 2.44 bits per heavy atom. The van der Waals surface area contributed by atoms with E-state index in [1.807, 2.05) is 0 Å². The summed E-state index contributed by atoms with van der Waals surface area (Å²) in [6, 6.07) is 0.568. The zero-order chi connectivity index (χ0) is 11.9. The van der Waals surface area contributed by atoms with E-state index >= 15 is 0 Å². The van der Waals surface area contributed by atoms with Crippen molar-refractivity contribution >= 4 is 29.5 Å². The highest BCUT2D eigenvalue weighted by Crippen LogP contribution is 2.10. The van der Waals surface area contributed by atoms with Crippen molar-refractivity contribution < 1.29 is 9.53 Å². The van der Waals surface area contributed by atoms with Crippen molar-refractivity contribution in [2.24, 2.45) is 0 Å². The first kappa shape index (κ1) is 15.6. The average Bonchev–Trinajstić information content (AvgIpc) is 2.89. The molecular formula is C12H19ClN2O2S. The SMILES string of the molecule is Cl.O=C(COCCC1CCCCN1)c1nccs1. The molecule has 0 spiro atoms. The van der Waals surface area contributed by atoms with Crippen LogP contribution in [-0.2, 0) is 4.74 Å². The van der Waals surface area contributed by atoms with Crippen molar-refractivity contribution in [3.05, 3.63) is 16.6 Å². The molecule has 2 heterocycles. The lowest BCUT2D eigenvalue weighted by atomic mass is 10.0. The number of halogens is 1. The molecule has 1 atom stereocenters. The molecule has 1 fully saturated rings. The molecule has 102 valence electrons. The fourth-order valence-corrected chi connectivity index (χ4v) is 2.55. The van der Waals surface area contributed by atoms with E-state index in [0.717, 1.165) is 13.0 Å². The van der Waals surface area contributed by atoms with Crippen LogP contribution >= 0.6 is 23.7 Å². The van der Waals surface area contributed by atoms with E-state index in [-0.39, 0.29) is 24.8 Å². The Balaban J connectivity index is 0.00000162. The highest BCUT2D eigenvalue weighted by Gasteiger charge is 2.13. The summed E-state index contributed by atoms with van der Waals surface area (Å²) in [4.78, 5) is 15.5. The van der Waals surface area contributed by atoms with E-state index in [2.05, 4.69) is 10.3 Å². The predicted molar refractivity (Wildman–Crippen MR) is 74.8 cm³/mol. The van der Waals surface area contributed by atoms with Gasteiger partial charge in [-0.3, -0.25) is 4.79 Å². The molecule has 1 aromatic rings. The summed E-state index contributed by atoms with van der Waals surface area (Å²) >= 11 is 1.36. The van der Waals surface area contributed by atoms with Crippen molar-refractivity contribution in [3.8, 4) is 0 Å². The van der Waals surface area contributed by atoms with Crippen LogP contribution in [-0.4, -0.2) is 36.6 Å². The minimum atomic E-state index is -0.0170. The number of hydrogen-bond donors (Lipinski definition) is 1. The first-order chi connectivity index (χ1) is 8.36. The van der Waals surface area contributed by atoms with Crippen LogP contribution in [0.15, 0.2) is 11.6 Å². The first-order valence-electron chi connectivity index (χ1n) is 6.10. The number of aromatic nitrogens is 1. The Morgan fingerprint density at radius 3 is 3.11 bits per heavy atom. The van der Waals surface area contributed by atoms with Gasteiger partial charge in [-0.15, -0.1) is 23.7 Å². The van der Waals surface area contributed by atoms with Gasteiger partial charge in [-0.25, -0.2) is 4.98 Å². The van der Waals surface area contributed by atoms with Crippen molar-refractivity contribution in [2.45, 2.75) is 31.7 Å². The van der Waals surface area contributed by atoms with Crippen LogP contribution < -0.4 is 5.32 Å².